The zero-order valence-electron chi connectivity index (χ0n) is 14.4. The van der Waals surface area contributed by atoms with E-state index < -0.39 is 12.2 Å². The second-order valence-electron chi connectivity index (χ2n) is 7.12. The van der Waals surface area contributed by atoms with Crippen molar-refractivity contribution in [2.24, 2.45) is 0 Å². The van der Waals surface area contributed by atoms with Crippen LogP contribution < -0.4 is 5.32 Å². The number of ether oxygens (including phenoxy) is 1. The Morgan fingerprint density at radius 2 is 2.08 bits per heavy atom. The first-order chi connectivity index (χ1) is 11.9. The highest BCUT2D eigenvalue weighted by Gasteiger charge is 2.43. The predicted molar refractivity (Wildman–Crippen MR) is 90.8 cm³/mol. The van der Waals surface area contributed by atoms with Crippen LogP contribution in [0.25, 0.3) is 0 Å². The van der Waals surface area contributed by atoms with Gasteiger partial charge in [-0.1, -0.05) is 0 Å². The Morgan fingerprint density at radius 3 is 2.72 bits per heavy atom. The highest BCUT2D eigenvalue weighted by atomic mass is 19.1. The molecule has 6 nitrogen and oxygen atoms in total. The van der Waals surface area contributed by atoms with Gasteiger partial charge in [-0.05, 0) is 43.5 Å². The molecule has 2 aliphatic rings. The maximum atomic E-state index is 13.1. The first-order valence-corrected chi connectivity index (χ1v) is 8.65. The van der Waals surface area contributed by atoms with Gasteiger partial charge in [0, 0.05) is 25.2 Å². The lowest BCUT2D eigenvalue weighted by molar-refractivity contribution is -0.187. The summed E-state index contributed by atoms with van der Waals surface area (Å²) in [5, 5.41) is 22.3. The van der Waals surface area contributed by atoms with Crippen molar-refractivity contribution in [1.29, 1.82) is 0 Å². The minimum Gasteiger partial charge on any atom is -0.390 e. The number of benzene rings is 1. The molecule has 3 rings (SSSR count). The Bertz CT molecular complexity index is 632. The third-order valence-electron chi connectivity index (χ3n) is 5.18. The smallest absolute Gasteiger partial charge is 0.238 e. The van der Waals surface area contributed by atoms with Crippen molar-refractivity contribution in [2.75, 3.05) is 31.6 Å². The van der Waals surface area contributed by atoms with E-state index in [9.17, 15) is 19.4 Å². The minimum absolute atomic E-state index is 0.134. The number of aliphatic hydroxyl groups is 2. The number of carbonyl (C=O) groups excluding carboxylic acids is 1. The molecule has 0 saturated carbocycles. The van der Waals surface area contributed by atoms with E-state index in [4.69, 9.17) is 4.74 Å². The highest BCUT2D eigenvalue weighted by Crippen LogP contribution is 2.35. The minimum atomic E-state index is -0.812. The summed E-state index contributed by atoms with van der Waals surface area (Å²) in [6, 6.07) is 4.28. The Morgan fingerprint density at radius 1 is 1.36 bits per heavy atom. The van der Waals surface area contributed by atoms with E-state index in [0.717, 1.165) is 12.8 Å². The Balaban J connectivity index is 1.49. The number of aliphatic hydroxyl groups excluding tert-OH is 2. The molecule has 2 saturated heterocycles. The molecule has 1 spiro atoms. The van der Waals surface area contributed by atoms with Crippen LogP contribution in [0.4, 0.5) is 10.1 Å². The number of aryl methyl sites for hydroxylation is 1. The summed E-state index contributed by atoms with van der Waals surface area (Å²) in [7, 11) is 0. The van der Waals surface area contributed by atoms with Crippen molar-refractivity contribution in [1.82, 2.24) is 4.90 Å². The normalized spacial score (nSPS) is 26.6. The van der Waals surface area contributed by atoms with Gasteiger partial charge in [-0.2, -0.15) is 0 Å². The summed E-state index contributed by atoms with van der Waals surface area (Å²) in [6.45, 7) is 3.56. The van der Waals surface area contributed by atoms with E-state index >= 15 is 0 Å². The molecule has 25 heavy (non-hydrogen) atoms. The molecule has 2 atom stereocenters. The number of carbonyl (C=O) groups is 1. The van der Waals surface area contributed by atoms with Crippen LogP contribution in [0.2, 0.25) is 0 Å². The van der Waals surface area contributed by atoms with Gasteiger partial charge < -0.3 is 20.3 Å². The fourth-order valence-corrected chi connectivity index (χ4v) is 3.58. The van der Waals surface area contributed by atoms with Crippen molar-refractivity contribution in [2.45, 2.75) is 44.0 Å². The van der Waals surface area contributed by atoms with E-state index in [1.54, 1.807) is 13.0 Å². The molecule has 138 valence electrons. The average molecular weight is 352 g/mol. The van der Waals surface area contributed by atoms with E-state index in [2.05, 4.69) is 5.32 Å². The van der Waals surface area contributed by atoms with Crippen LogP contribution in [0.5, 0.6) is 0 Å². The maximum absolute atomic E-state index is 13.1. The lowest BCUT2D eigenvalue weighted by Gasteiger charge is -2.46. The van der Waals surface area contributed by atoms with Crippen LogP contribution in [0, 0.1) is 12.7 Å². The highest BCUT2D eigenvalue weighted by molar-refractivity contribution is 5.92. The number of piperidine rings is 1. The van der Waals surface area contributed by atoms with Gasteiger partial charge in [0.25, 0.3) is 0 Å². The molecule has 0 bridgehead atoms. The van der Waals surface area contributed by atoms with Crippen LogP contribution in [-0.2, 0) is 9.53 Å². The Hall–Kier alpha value is -1.54. The van der Waals surface area contributed by atoms with E-state index in [1.807, 2.05) is 4.90 Å². The molecule has 0 aromatic heterocycles. The van der Waals surface area contributed by atoms with Crippen LogP contribution in [0.3, 0.4) is 0 Å². The number of likely N-dealkylation sites (tertiary alicyclic amines) is 1. The van der Waals surface area contributed by atoms with Crippen molar-refractivity contribution >= 4 is 11.6 Å². The molecule has 2 heterocycles. The number of amides is 1. The molecule has 2 aliphatic heterocycles. The molecule has 0 radical (unpaired) electrons. The van der Waals surface area contributed by atoms with Gasteiger partial charge in [-0.15, -0.1) is 0 Å². The molecule has 2 fully saturated rings. The molecule has 0 aliphatic carbocycles. The molecule has 0 unspecified atom stereocenters. The second-order valence-corrected chi connectivity index (χ2v) is 7.12. The fraction of sp³-hybridized carbons (Fsp3) is 0.611. The summed E-state index contributed by atoms with van der Waals surface area (Å²) >= 11 is 0. The topological polar surface area (TPSA) is 82.0 Å². The second kappa shape index (κ2) is 7.37. The van der Waals surface area contributed by atoms with Gasteiger partial charge in [0.05, 0.1) is 24.9 Å². The lowest BCUT2D eigenvalue weighted by atomic mass is 9.82. The number of rotatable bonds is 3. The first-order valence-electron chi connectivity index (χ1n) is 8.65. The van der Waals surface area contributed by atoms with Crippen molar-refractivity contribution < 1.29 is 24.1 Å². The molecule has 7 heteroatoms. The summed E-state index contributed by atoms with van der Waals surface area (Å²) < 4.78 is 18.9. The molecule has 1 aromatic rings. The number of hydrogen-bond donors (Lipinski definition) is 3. The van der Waals surface area contributed by atoms with Crippen LogP contribution in [-0.4, -0.2) is 65.1 Å². The van der Waals surface area contributed by atoms with Gasteiger partial charge in [-0.25, -0.2) is 4.39 Å². The van der Waals surface area contributed by atoms with Gasteiger partial charge in [0.2, 0.25) is 5.91 Å². The molecular weight excluding hydrogens is 327 g/mol. The number of halogens is 1. The van der Waals surface area contributed by atoms with Crippen LogP contribution in [0.15, 0.2) is 18.2 Å². The number of nitrogens with zero attached hydrogens (tertiary/aromatic N) is 1. The summed E-state index contributed by atoms with van der Waals surface area (Å²) in [4.78, 5) is 14.3. The quantitative estimate of drug-likeness (QED) is 0.758. The third kappa shape index (κ3) is 4.36. The Kier molecular flexibility index (Phi) is 5.38. The number of anilines is 1. The van der Waals surface area contributed by atoms with E-state index in [-0.39, 0.29) is 30.5 Å². The van der Waals surface area contributed by atoms with Gasteiger partial charge in [-0.3, -0.25) is 9.69 Å². The molecule has 1 aromatic carbocycles. The van der Waals surface area contributed by atoms with Crippen molar-refractivity contribution in [3.05, 3.63) is 29.6 Å². The summed E-state index contributed by atoms with van der Waals surface area (Å²) in [6.07, 6.45) is 0.320. The van der Waals surface area contributed by atoms with Crippen molar-refractivity contribution in [3.8, 4) is 0 Å². The SMILES string of the molecule is Cc1cc(F)ccc1NC(=O)CN1CCC2(CC1)C[C@@H](O)[C@@H](O)CO2. The lowest BCUT2D eigenvalue weighted by Crippen LogP contribution is -2.55. The predicted octanol–water partition coefficient (Wildman–Crippen LogP) is 1.05. The Labute approximate surface area is 146 Å². The fourth-order valence-electron chi connectivity index (χ4n) is 3.58. The third-order valence-corrected chi connectivity index (χ3v) is 5.18. The van der Waals surface area contributed by atoms with Crippen LogP contribution in [0.1, 0.15) is 24.8 Å². The van der Waals surface area contributed by atoms with Gasteiger partial charge in [0.1, 0.15) is 11.9 Å². The summed E-state index contributed by atoms with van der Waals surface area (Å²) in [5.41, 5.74) is 0.917. The standard InChI is InChI=1S/C18H25FN2O4/c1-12-8-13(19)2-3-14(12)20-17(24)10-21-6-4-18(5-7-21)9-15(22)16(23)11-25-18/h2-3,8,15-16,22-23H,4-7,9-11H2,1H3,(H,20,24)/t15-,16+/m1/s1. The number of hydrogen-bond acceptors (Lipinski definition) is 5. The maximum Gasteiger partial charge on any atom is 0.238 e. The molecular formula is C18H25FN2O4. The molecule has 3 N–H and O–H groups in total. The first kappa shape index (κ1) is 18.3. The molecule has 1 amide bonds. The van der Waals surface area contributed by atoms with Gasteiger partial charge in [0.15, 0.2) is 0 Å². The zero-order chi connectivity index (χ0) is 18.0. The van der Waals surface area contributed by atoms with Crippen molar-refractivity contribution in [3.63, 3.8) is 0 Å². The monoisotopic (exact) mass is 352 g/mol. The van der Waals surface area contributed by atoms with Gasteiger partial charge >= 0.3 is 0 Å². The van der Waals surface area contributed by atoms with Crippen LogP contribution >= 0.6 is 0 Å². The average Bonchev–Trinajstić information content (AvgIpc) is 2.56. The summed E-state index contributed by atoms with van der Waals surface area (Å²) in [5.74, 6) is -0.456. The number of nitrogens with one attached hydrogen (secondary N) is 1. The zero-order valence-corrected chi connectivity index (χ0v) is 14.4. The van der Waals surface area contributed by atoms with E-state index in [0.29, 0.717) is 30.8 Å². The van der Waals surface area contributed by atoms with E-state index in [1.165, 1.54) is 12.1 Å². The largest absolute Gasteiger partial charge is 0.390 e.